The first-order chi connectivity index (χ1) is 10.3. The fourth-order valence-electron chi connectivity index (χ4n) is 3.61. The van der Waals surface area contributed by atoms with Gasteiger partial charge in [-0.15, -0.1) is 0 Å². The van der Waals surface area contributed by atoms with Crippen molar-refractivity contribution >= 4 is 8.84 Å². The molecular formula is C20H17Zr. The Bertz CT molecular complexity index is 794. The minimum atomic E-state index is 1.10. The van der Waals surface area contributed by atoms with Crippen molar-refractivity contribution in [2.75, 3.05) is 0 Å². The van der Waals surface area contributed by atoms with Crippen molar-refractivity contribution in [2.45, 2.75) is 26.2 Å². The molecule has 101 valence electrons. The summed E-state index contributed by atoms with van der Waals surface area (Å²) in [6, 6.07) is 11.4. The van der Waals surface area contributed by atoms with Crippen LogP contribution in [0.5, 0.6) is 0 Å². The molecule has 0 radical (unpaired) electrons. The van der Waals surface area contributed by atoms with Crippen LogP contribution < -0.4 is 3.27 Å². The molecule has 2 aliphatic rings. The van der Waals surface area contributed by atoms with E-state index in [1.165, 1.54) is 27.8 Å². The second-order valence-corrected chi connectivity index (χ2v) is 7.05. The maximum atomic E-state index is 2.46. The molecule has 0 heterocycles. The fourth-order valence-corrected chi connectivity index (χ4v) is 4.95. The van der Waals surface area contributed by atoms with Gasteiger partial charge in [0, 0.05) is 0 Å². The minimum absolute atomic E-state index is 1.10. The Morgan fingerprint density at radius 1 is 1.14 bits per heavy atom. The zero-order valence-electron chi connectivity index (χ0n) is 12.2. The molecule has 0 spiro atoms. The summed E-state index contributed by atoms with van der Waals surface area (Å²) in [7, 11) is 0. The SMILES string of the molecule is CCc1cc2c([c]([Zr])c1C1=CC=CC1)Cc1ccccc1-2. The van der Waals surface area contributed by atoms with Crippen LogP contribution in [0.4, 0.5) is 0 Å². The van der Waals surface area contributed by atoms with Crippen LogP contribution in [0.25, 0.3) is 16.7 Å². The van der Waals surface area contributed by atoms with Crippen LogP contribution in [0.2, 0.25) is 0 Å². The van der Waals surface area contributed by atoms with E-state index in [9.17, 15) is 0 Å². The van der Waals surface area contributed by atoms with Crippen LogP contribution in [0.3, 0.4) is 0 Å². The Labute approximate surface area is 141 Å². The van der Waals surface area contributed by atoms with E-state index in [2.05, 4.69) is 55.5 Å². The summed E-state index contributed by atoms with van der Waals surface area (Å²) in [5.41, 5.74) is 10.6. The van der Waals surface area contributed by atoms with Gasteiger partial charge in [0.25, 0.3) is 0 Å². The molecule has 2 aliphatic carbocycles. The van der Waals surface area contributed by atoms with E-state index in [1.807, 2.05) is 0 Å². The molecule has 4 rings (SSSR count). The van der Waals surface area contributed by atoms with Gasteiger partial charge in [0.05, 0.1) is 0 Å². The van der Waals surface area contributed by atoms with Gasteiger partial charge in [-0.25, -0.2) is 0 Å². The van der Waals surface area contributed by atoms with E-state index in [0.717, 1.165) is 19.3 Å². The first kappa shape index (κ1) is 13.5. The van der Waals surface area contributed by atoms with Crippen LogP contribution in [-0.4, -0.2) is 0 Å². The normalized spacial score (nSPS) is 15.0. The molecule has 2 aromatic carbocycles. The fraction of sp³-hybridized carbons (Fsp3) is 0.200. The Balaban J connectivity index is 1.96. The zero-order valence-corrected chi connectivity index (χ0v) is 14.7. The van der Waals surface area contributed by atoms with Gasteiger partial charge >= 0.3 is 142 Å². The van der Waals surface area contributed by atoms with E-state index in [0.29, 0.717) is 0 Å². The van der Waals surface area contributed by atoms with Crippen LogP contribution in [0, 0.1) is 0 Å². The van der Waals surface area contributed by atoms with E-state index >= 15 is 0 Å². The molecule has 0 saturated heterocycles. The molecule has 0 N–H and O–H groups in total. The predicted molar refractivity (Wildman–Crippen MR) is 85.4 cm³/mol. The maximum absolute atomic E-state index is 2.46. The van der Waals surface area contributed by atoms with E-state index in [1.54, 1.807) is 39.1 Å². The summed E-state index contributed by atoms with van der Waals surface area (Å²) >= 11 is 1.55. The van der Waals surface area contributed by atoms with Gasteiger partial charge < -0.3 is 0 Å². The zero-order chi connectivity index (χ0) is 14.4. The van der Waals surface area contributed by atoms with E-state index in [-0.39, 0.29) is 0 Å². The molecule has 21 heavy (non-hydrogen) atoms. The summed E-state index contributed by atoms with van der Waals surface area (Å²) in [6.07, 6.45) is 10.1. The Kier molecular flexibility index (Phi) is 3.34. The van der Waals surface area contributed by atoms with Crippen molar-refractivity contribution < 1.29 is 24.7 Å². The van der Waals surface area contributed by atoms with Gasteiger partial charge in [-0.05, 0) is 0 Å². The molecule has 0 nitrogen and oxygen atoms in total. The molecule has 1 heteroatoms. The molecule has 0 aromatic heterocycles. The van der Waals surface area contributed by atoms with Crippen LogP contribution >= 0.6 is 0 Å². The summed E-state index contributed by atoms with van der Waals surface area (Å²) in [4.78, 5) is 0. The molecule has 0 amide bonds. The first-order valence-electron chi connectivity index (χ1n) is 7.64. The second kappa shape index (κ2) is 5.22. The number of hydrogen-bond donors (Lipinski definition) is 0. The predicted octanol–water partition coefficient (Wildman–Crippen LogP) is 4.34. The molecule has 0 atom stereocenters. The number of allylic oxidation sites excluding steroid dienone is 4. The number of rotatable bonds is 2. The number of fused-ring (bicyclic) bond motifs is 3. The molecule has 0 aliphatic heterocycles. The topological polar surface area (TPSA) is 0 Å². The quantitative estimate of drug-likeness (QED) is 0.646. The van der Waals surface area contributed by atoms with Gasteiger partial charge in [-0.1, -0.05) is 0 Å². The summed E-state index contributed by atoms with van der Waals surface area (Å²) in [5, 5.41) is 0. The van der Waals surface area contributed by atoms with Crippen LogP contribution in [0.15, 0.2) is 48.6 Å². The Morgan fingerprint density at radius 2 is 2.00 bits per heavy atom. The van der Waals surface area contributed by atoms with Crippen molar-refractivity contribution in [3.05, 3.63) is 70.8 Å². The van der Waals surface area contributed by atoms with Gasteiger partial charge in [0.15, 0.2) is 0 Å². The standard InChI is InChI=1S/C20H17.Zr/c1-2-14-12-20-17(11-16-9-5-6-10-18(16)20)13-19(14)15-7-3-4-8-15;/h3-7,9-10,12H,2,8,11H2,1H3;. The van der Waals surface area contributed by atoms with Crippen molar-refractivity contribution in [1.29, 1.82) is 0 Å². The number of hydrogen-bond acceptors (Lipinski definition) is 0. The number of benzene rings is 2. The van der Waals surface area contributed by atoms with Gasteiger partial charge in [-0.2, -0.15) is 0 Å². The van der Waals surface area contributed by atoms with Crippen molar-refractivity contribution in [1.82, 2.24) is 0 Å². The number of aryl methyl sites for hydroxylation is 1. The molecular weight excluding hydrogens is 331 g/mol. The van der Waals surface area contributed by atoms with Crippen molar-refractivity contribution in [2.24, 2.45) is 0 Å². The van der Waals surface area contributed by atoms with Crippen molar-refractivity contribution in [3.63, 3.8) is 0 Å². The summed E-state index contributed by atoms with van der Waals surface area (Å²) in [6.45, 7) is 2.28. The Morgan fingerprint density at radius 3 is 2.76 bits per heavy atom. The van der Waals surface area contributed by atoms with Crippen LogP contribution in [-0.2, 0) is 37.6 Å². The third kappa shape index (κ3) is 2.06. The average Bonchev–Trinajstić information content (AvgIpc) is 3.14. The van der Waals surface area contributed by atoms with Crippen LogP contribution in [0.1, 0.15) is 35.6 Å². The third-order valence-corrected chi connectivity index (χ3v) is 6.02. The van der Waals surface area contributed by atoms with Crippen molar-refractivity contribution in [3.8, 4) is 11.1 Å². The van der Waals surface area contributed by atoms with Gasteiger partial charge in [0.2, 0.25) is 0 Å². The molecule has 0 fully saturated rings. The third-order valence-electron chi connectivity index (χ3n) is 4.66. The summed E-state index contributed by atoms with van der Waals surface area (Å²) in [5.74, 6) is 0. The summed E-state index contributed by atoms with van der Waals surface area (Å²) < 4.78 is 1.59. The van der Waals surface area contributed by atoms with E-state index < -0.39 is 0 Å². The molecule has 2 aromatic rings. The van der Waals surface area contributed by atoms with Gasteiger partial charge in [0.1, 0.15) is 0 Å². The monoisotopic (exact) mass is 347 g/mol. The second-order valence-electron chi connectivity index (χ2n) is 5.82. The molecule has 0 unspecified atom stereocenters. The van der Waals surface area contributed by atoms with Gasteiger partial charge in [-0.3, -0.25) is 0 Å². The molecule has 0 bridgehead atoms. The Hall–Kier alpha value is -1.20. The average molecular weight is 349 g/mol. The molecule has 0 saturated carbocycles. The first-order valence-corrected chi connectivity index (χ1v) is 8.87. The van der Waals surface area contributed by atoms with E-state index in [4.69, 9.17) is 0 Å².